The number of nitroso groups, excluding NO2 is 1. The van der Waals surface area contributed by atoms with Crippen molar-refractivity contribution in [3.05, 3.63) is 101 Å². The highest BCUT2D eigenvalue weighted by Gasteiger charge is 2.21. The highest BCUT2D eigenvalue weighted by Crippen LogP contribution is 2.33. The van der Waals surface area contributed by atoms with E-state index in [4.69, 9.17) is 34.8 Å². The number of hydrogen-bond acceptors (Lipinski definition) is 3. The number of para-hydroxylation sites is 1. The molecule has 0 aliphatic heterocycles. The lowest BCUT2D eigenvalue weighted by molar-refractivity contribution is 0.626. The first kappa shape index (κ1) is 19.5. The Kier molecular flexibility index (Phi) is 5.65. The Hall–Kier alpha value is -2.21. The van der Waals surface area contributed by atoms with Gasteiger partial charge in [-0.15, -0.1) is 4.91 Å². The minimum Gasteiger partial charge on any atom is -0.281 e. The number of aromatic nitrogens is 1. The summed E-state index contributed by atoms with van der Waals surface area (Å²) in [6.45, 7) is 1.60. The maximum atomic E-state index is 13.3. The lowest BCUT2D eigenvalue weighted by Gasteiger charge is -2.16. The number of aryl methyl sites for hydroxylation is 1. The molecule has 0 spiro atoms. The van der Waals surface area contributed by atoms with Crippen LogP contribution in [0.3, 0.4) is 0 Å². The smallest absolute Gasteiger partial charge is 0.258 e. The number of benzene rings is 2. The van der Waals surface area contributed by atoms with E-state index in [1.165, 1.54) is 29.0 Å². The molecule has 0 bridgehead atoms. The van der Waals surface area contributed by atoms with E-state index in [1.54, 1.807) is 25.1 Å². The predicted octanol–water partition coefficient (Wildman–Crippen LogP) is 6.10. The predicted molar refractivity (Wildman–Crippen MR) is 106 cm³/mol. The summed E-state index contributed by atoms with van der Waals surface area (Å²) >= 11 is 18.5. The number of rotatable bonds is 4. The Balaban J connectivity index is 2.24. The Morgan fingerprint density at radius 1 is 1.04 bits per heavy atom. The lowest BCUT2D eigenvalue weighted by Crippen LogP contribution is -2.22. The summed E-state index contributed by atoms with van der Waals surface area (Å²) in [5, 5.41) is 3.74. The largest absolute Gasteiger partial charge is 0.281 e. The first-order valence-corrected chi connectivity index (χ1v) is 8.92. The van der Waals surface area contributed by atoms with Crippen LogP contribution < -0.4 is 5.56 Å². The van der Waals surface area contributed by atoms with Crippen molar-refractivity contribution in [2.75, 3.05) is 0 Å². The molecule has 0 saturated carbocycles. The first-order valence-electron chi connectivity index (χ1n) is 7.78. The molecule has 0 aliphatic rings. The molecule has 0 radical (unpaired) electrons. The summed E-state index contributed by atoms with van der Waals surface area (Å²) in [6.07, 6.45) is 1.44. The molecule has 1 unspecified atom stereocenters. The van der Waals surface area contributed by atoms with Gasteiger partial charge >= 0.3 is 0 Å². The summed E-state index contributed by atoms with van der Waals surface area (Å²) in [4.78, 5) is 24.2. The number of nitrogens with zero attached hydrogens (tertiary/aromatic N) is 2. The second kappa shape index (κ2) is 7.80. The number of halogens is 4. The molecule has 3 aromatic rings. The van der Waals surface area contributed by atoms with Gasteiger partial charge in [0.2, 0.25) is 0 Å². The molecule has 4 nitrogen and oxygen atoms in total. The Morgan fingerprint density at radius 3 is 2.30 bits per heavy atom. The van der Waals surface area contributed by atoms with Gasteiger partial charge < -0.3 is 0 Å². The van der Waals surface area contributed by atoms with Crippen LogP contribution in [0.1, 0.15) is 22.7 Å². The first-order chi connectivity index (χ1) is 12.8. The molecule has 27 heavy (non-hydrogen) atoms. The van der Waals surface area contributed by atoms with E-state index in [1.807, 2.05) is 0 Å². The Morgan fingerprint density at radius 2 is 1.70 bits per heavy atom. The van der Waals surface area contributed by atoms with Crippen LogP contribution in [-0.2, 0) is 0 Å². The van der Waals surface area contributed by atoms with Crippen molar-refractivity contribution in [3.8, 4) is 5.69 Å². The third-order valence-corrected chi connectivity index (χ3v) is 5.01. The van der Waals surface area contributed by atoms with Crippen molar-refractivity contribution in [1.29, 1.82) is 0 Å². The highest BCUT2D eigenvalue weighted by molar-refractivity contribution is 6.37. The Bertz CT molecular complexity index is 1080. The van der Waals surface area contributed by atoms with Crippen LogP contribution in [0.5, 0.6) is 0 Å². The zero-order chi connectivity index (χ0) is 19.7. The molecule has 3 rings (SSSR count). The van der Waals surface area contributed by atoms with E-state index >= 15 is 0 Å². The zero-order valence-corrected chi connectivity index (χ0v) is 16.2. The maximum absolute atomic E-state index is 13.3. The fourth-order valence-corrected chi connectivity index (χ4v) is 3.65. The molecule has 8 heteroatoms. The van der Waals surface area contributed by atoms with Crippen molar-refractivity contribution in [2.45, 2.75) is 13.0 Å². The van der Waals surface area contributed by atoms with Gasteiger partial charge in [0.05, 0.1) is 15.7 Å². The molecule has 2 aromatic carbocycles. The second-order valence-electron chi connectivity index (χ2n) is 5.88. The minimum absolute atomic E-state index is 0.0609. The molecule has 0 N–H and O–H groups in total. The molecule has 1 atom stereocenters. The van der Waals surface area contributed by atoms with Gasteiger partial charge in [-0.3, -0.25) is 9.36 Å². The van der Waals surface area contributed by atoms with Crippen LogP contribution in [0, 0.1) is 17.6 Å². The van der Waals surface area contributed by atoms with Gasteiger partial charge in [-0.2, -0.15) is 0 Å². The van der Waals surface area contributed by atoms with Crippen molar-refractivity contribution in [3.63, 3.8) is 0 Å². The van der Waals surface area contributed by atoms with E-state index in [0.717, 1.165) is 6.07 Å². The van der Waals surface area contributed by atoms with Crippen molar-refractivity contribution in [1.82, 2.24) is 4.57 Å². The Labute approximate surface area is 169 Å². The van der Waals surface area contributed by atoms with Crippen LogP contribution >= 0.6 is 34.8 Å². The van der Waals surface area contributed by atoms with E-state index in [9.17, 15) is 14.1 Å². The molecule has 0 saturated heterocycles. The monoisotopic (exact) mass is 424 g/mol. The molecule has 138 valence electrons. The van der Waals surface area contributed by atoms with Crippen molar-refractivity contribution >= 4 is 34.8 Å². The molecule has 1 aromatic heterocycles. The third kappa shape index (κ3) is 3.76. The summed E-state index contributed by atoms with van der Waals surface area (Å²) in [5.74, 6) is -0.530. The molecule has 0 fully saturated rings. The molecular formula is C19H12Cl3FN2O2. The zero-order valence-electron chi connectivity index (χ0n) is 13.9. The van der Waals surface area contributed by atoms with Crippen LogP contribution in [-0.4, -0.2) is 4.57 Å². The lowest BCUT2D eigenvalue weighted by atomic mass is 9.99. The summed E-state index contributed by atoms with van der Waals surface area (Å²) in [6, 6.07) is 9.03. The fraction of sp³-hybridized carbons (Fsp3) is 0.105. The summed E-state index contributed by atoms with van der Waals surface area (Å²) < 4.78 is 14.6. The maximum Gasteiger partial charge on any atom is 0.258 e. The van der Waals surface area contributed by atoms with Gasteiger partial charge in [-0.25, -0.2) is 4.39 Å². The van der Waals surface area contributed by atoms with Gasteiger partial charge in [0, 0.05) is 27.9 Å². The quantitative estimate of drug-likeness (QED) is 0.474. The molecule has 1 heterocycles. The van der Waals surface area contributed by atoms with Gasteiger partial charge in [0.15, 0.2) is 0 Å². The molecule has 0 aliphatic carbocycles. The normalized spacial score (nSPS) is 12.0. The van der Waals surface area contributed by atoms with Crippen LogP contribution in [0.4, 0.5) is 4.39 Å². The molecular weight excluding hydrogens is 414 g/mol. The second-order valence-corrected chi connectivity index (χ2v) is 7.10. The van der Waals surface area contributed by atoms with Crippen molar-refractivity contribution < 1.29 is 4.39 Å². The average molecular weight is 426 g/mol. The summed E-state index contributed by atoms with van der Waals surface area (Å²) in [5.41, 5.74) is 1.03. The topological polar surface area (TPSA) is 51.4 Å². The SMILES string of the molecule is Cc1cc(C(N=O)c2ccc(F)cc2Cl)cn(-c2c(Cl)cccc2Cl)c1=O. The van der Waals surface area contributed by atoms with Crippen molar-refractivity contribution in [2.24, 2.45) is 5.18 Å². The standard InChI is InChI=1S/C19H12Cl3FN2O2/c1-10-7-11(17(24-27)13-6-5-12(23)8-16(13)22)9-25(19(10)26)18-14(20)3-2-4-15(18)21/h2-9,17H,1H3. The molecule has 0 amide bonds. The average Bonchev–Trinajstić information content (AvgIpc) is 2.61. The number of hydrogen-bond donors (Lipinski definition) is 0. The van der Waals surface area contributed by atoms with E-state index < -0.39 is 11.9 Å². The third-order valence-electron chi connectivity index (χ3n) is 4.07. The summed E-state index contributed by atoms with van der Waals surface area (Å²) in [7, 11) is 0. The van der Waals surface area contributed by atoms with E-state index in [2.05, 4.69) is 5.18 Å². The number of pyridine rings is 1. The minimum atomic E-state index is -1.04. The van der Waals surface area contributed by atoms with Crippen LogP contribution in [0.2, 0.25) is 15.1 Å². The van der Waals surface area contributed by atoms with Gasteiger partial charge in [0.25, 0.3) is 5.56 Å². The fourth-order valence-electron chi connectivity index (χ4n) is 2.80. The van der Waals surface area contributed by atoms with Gasteiger partial charge in [-0.1, -0.05) is 52.1 Å². The van der Waals surface area contributed by atoms with Gasteiger partial charge in [-0.05, 0) is 37.3 Å². The van der Waals surface area contributed by atoms with E-state index in [0.29, 0.717) is 22.4 Å². The van der Waals surface area contributed by atoms with E-state index in [-0.39, 0.29) is 20.6 Å². The highest BCUT2D eigenvalue weighted by atomic mass is 35.5. The van der Waals surface area contributed by atoms with Gasteiger partial charge in [0.1, 0.15) is 11.9 Å². The van der Waals surface area contributed by atoms with Crippen LogP contribution in [0.25, 0.3) is 5.69 Å². The van der Waals surface area contributed by atoms with Crippen LogP contribution in [0.15, 0.2) is 58.6 Å².